The number of hydrogen-bond donors (Lipinski definition) is 2. The van der Waals surface area contributed by atoms with Crippen LogP contribution in [0, 0.1) is 0 Å². The summed E-state index contributed by atoms with van der Waals surface area (Å²) in [5, 5.41) is 13.4. The molecule has 0 bridgehead atoms. The third-order valence-corrected chi connectivity index (χ3v) is 6.24. The van der Waals surface area contributed by atoms with Gasteiger partial charge in [-0.25, -0.2) is 13.1 Å². The Bertz CT molecular complexity index is 603. The first-order valence-corrected chi connectivity index (χ1v) is 9.30. The SMILES string of the molecule is O=S(=O)(NC1(CCO)CCC1)c1cnn(C2CCOCC2)c1. The molecule has 0 amide bonds. The smallest absolute Gasteiger partial charge is 0.244 e. The number of nitrogens with zero attached hydrogens (tertiary/aromatic N) is 2. The van der Waals surface area contributed by atoms with Gasteiger partial charge in [0.25, 0.3) is 0 Å². The fraction of sp³-hybridized carbons (Fsp3) is 0.786. The Hall–Kier alpha value is -0.960. The zero-order valence-corrected chi connectivity index (χ0v) is 13.4. The highest BCUT2D eigenvalue weighted by atomic mass is 32.2. The molecule has 2 N–H and O–H groups in total. The molecule has 1 saturated carbocycles. The molecule has 2 aliphatic rings. The molecule has 124 valence electrons. The molecule has 2 fully saturated rings. The van der Waals surface area contributed by atoms with E-state index in [1.54, 1.807) is 10.9 Å². The van der Waals surface area contributed by atoms with E-state index in [1.165, 1.54) is 6.20 Å². The van der Waals surface area contributed by atoms with Crippen LogP contribution in [0.4, 0.5) is 0 Å². The summed E-state index contributed by atoms with van der Waals surface area (Å²) in [4.78, 5) is 0.197. The molecule has 1 aliphatic heterocycles. The van der Waals surface area contributed by atoms with E-state index in [9.17, 15) is 8.42 Å². The molecule has 8 heteroatoms. The van der Waals surface area contributed by atoms with Gasteiger partial charge in [-0.05, 0) is 38.5 Å². The van der Waals surface area contributed by atoms with E-state index in [0.717, 1.165) is 32.1 Å². The molecule has 3 rings (SSSR count). The van der Waals surface area contributed by atoms with Crippen LogP contribution in [-0.4, -0.2) is 48.7 Å². The molecular formula is C14H23N3O4S. The lowest BCUT2D eigenvalue weighted by Crippen LogP contribution is -2.53. The van der Waals surface area contributed by atoms with Gasteiger partial charge < -0.3 is 9.84 Å². The van der Waals surface area contributed by atoms with Crippen molar-refractivity contribution in [1.82, 2.24) is 14.5 Å². The van der Waals surface area contributed by atoms with Gasteiger partial charge in [0.15, 0.2) is 0 Å². The minimum Gasteiger partial charge on any atom is -0.396 e. The summed E-state index contributed by atoms with van der Waals surface area (Å²) in [6.45, 7) is 1.36. The van der Waals surface area contributed by atoms with Crippen molar-refractivity contribution >= 4 is 10.0 Å². The van der Waals surface area contributed by atoms with Gasteiger partial charge in [0, 0.05) is 31.6 Å². The van der Waals surface area contributed by atoms with Crippen molar-refractivity contribution in [1.29, 1.82) is 0 Å². The summed E-state index contributed by atoms with van der Waals surface area (Å²) in [6.07, 6.45) is 7.71. The van der Waals surface area contributed by atoms with Crippen LogP contribution < -0.4 is 4.72 Å². The highest BCUT2D eigenvalue weighted by Gasteiger charge is 2.40. The normalized spacial score (nSPS) is 22.4. The van der Waals surface area contributed by atoms with Crippen LogP contribution in [0.1, 0.15) is 44.6 Å². The van der Waals surface area contributed by atoms with Crippen LogP contribution in [0.5, 0.6) is 0 Å². The van der Waals surface area contributed by atoms with Crippen molar-refractivity contribution in [2.45, 2.75) is 55.0 Å². The van der Waals surface area contributed by atoms with Gasteiger partial charge in [0.05, 0.1) is 12.2 Å². The Morgan fingerprint density at radius 2 is 2.14 bits per heavy atom. The average Bonchev–Trinajstić information content (AvgIpc) is 2.96. The second kappa shape index (κ2) is 6.27. The van der Waals surface area contributed by atoms with Crippen LogP contribution in [0.25, 0.3) is 0 Å². The number of ether oxygens (including phenoxy) is 1. The van der Waals surface area contributed by atoms with Crippen LogP contribution in [-0.2, 0) is 14.8 Å². The molecule has 2 heterocycles. The number of rotatable bonds is 6. The van der Waals surface area contributed by atoms with Crippen LogP contribution >= 0.6 is 0 Å². The van der Waals surface area contributed by atoms with Crippen molar-refractivity contribution in [2.75, 3.05) is 19.8 Å². The minimum atomic E-state index is -3.59. The van der Waals surface area contributed by atoms with Gasteiger partial charge in [-0.1, -0.05) is 0 Å². The second-order valence-electron chi connectivity index (χ2n) is 6.21. The molecule has 0 unspecified atom stereocenters. The molecule has 1 aliphatic carbocycles. The van der Waals surface area contributed by atoms with E-state index in [1.807, 2.05) is 0 Å². The Labute approximate surface area is 130 Å². The fourth-order valence-corrected chi connectivity index (χ4v) is 4.60. The molecule has 1 aromatic rings. The second-order valence-corrected chi connectivity index (χ2v) is 7.89. The van der Waals surface area contributed by atoms with E-state index in [2.05, 4.69) is 9.82 Å². The number of sulfonamides is 1. The van der Waals surface area contributed by atoms with Crippen LogP contribution in [0.15, 0.2) is 17.3 Å². The molecule has 1 aromatic heterocycles. The molecule has 0 aromatic carbocycles. The van der Waals surface area contributed by atoms with Crippen molar-refractivity contribution in [3.8, 4) is 0 Å². The van der Waals surface area contributed by atoms with Gasteiger partial charge in [-0.15, -0.1) is 0 Å². The van der Waals surface area contributed by atoms with E-state index in [4.69, 9.17) is 9.84 Å². The predicted molar refractivity (Wildman–Crippen MR) is 79.9 cm³/mol. The Balaban J connectivity index is 1.73. The summed E-state index contributed by atoms with van der Waals surface area (Å²) < 4.78 is 34.9. The van der Waals surface area contributed by atoms with E-state index >= 15 is 0 Å². The van der Waals surface area contributed by atoms with Crippen molar-refractivity contribution in [3.63, 3.8) is 0 Å². The first kappa shape index (κ1) is 15.9. The number of aliphatic hydroxyl groups excluding tert-OH is 1. The Morgan fingerprint density at radius 1 is 1.41 bits per heavy atom. The zero-order valence-electron chi connectivity index (χ0n) is 12.6. The van der Waals surface area contributed by atoms with Gasteiger partial charge >= 0.3 is 0 Å². The number of hydrogen-bond acceptors (Lipinski definition) is 5. The predicted octanol–water partition coefficient (Wildman–Crippen LogP) is 0.818. The highest BCUT2D eigenvalue weighted by Crippen LogP contribution is 2.36. The molecule has 7 nitrogen and oxygen atoms in total. The van der Waals surface area contributed by atoms with Crippen LogP contribution in [0.2, 0.25) is 0 Å². The maximum absolute atomic E-state index is 12.5. The maximum Gasteiger partial charge on any atom is 0.244 e. The quantitative estimate of drug-likeness (QED) is 0.806. The number of aliphatic hydroxyl groups is 1. The van der Waals surface area contributed by atoms with Gasteiger partial charge in [0.1, 0.15) is 4.90 Å². The largest absolute Gasteiger partial charge is 0.396 e. The average molecular weight is 329 g/mol. The summed E-state index contributed by atoms with van der Waals surface area (Å²) in [5.74, 6) is 0. The lowest BCUT2D eigenvalue weighted by molar-refractivity contribution is 0.0662. The van der Waals surface area contributed by atoms with Gasteiger partial charge in [0.2, 0.25) is 10.0 Å². The monoisotopic (exact) mass is 329 g/mol. The maximum atomic E-state index is 12.5. The van der Waals surface area contributed by atoms with E-state index in [0.29, 0.717) is 19.6 Å². The first-order chi connectivity index (χ1) is 10.5. The summed E-state index contributed by atoms with van der Waals surface area (Å²) in [7, 11) is -3.59. The Kier molecular flexibility index (Phi) is 4.54. The Morgan fingerprint density at radius 3 is 2.73 bits per heavy atom. The van der Waals surface area contributed by atoms with E-state index in [-0.39, 0.29) is 17.5 Å². The number of nitrogens with one attached hydrogen (secondary N) is 1. The highest BCUT2D eigenvalue weighted by molar-refractivity contribution is 7.89. The van der Waals surface area contributed by atoms with Gasteiger partial charge in [-0.2, -0.15) is 5.10 Å². The first-order valence-electron chi connectivity index (χ1n) is 7.81. The molecule has 0 spiro atoms. The third kappa shape index (κ3) is 3.19. The summed E-state index contributed by atoms with van der Waals surface area (Å²) in [6, 6.07) is 0.202. The standard InChI is InChI=1S/C14H23N3O4S/c18-7-6-14(4-1-5-14)16-22(19,20)13-10-15-17(11-13)12-2-8-21-9-3-12/h10-12,16,18H,1-9H2. The molecule has 0 radical (unpaired) electrons. The minimum absolute atomic E-state index is 0.0101. The summed E-state index contributed by atoms with van der Waals surface area (Å²) >= 11 is 0. The zero-order chi connectivity index (χ0) is 15.6. The van der Waals surface area contributed by atoms with Crippen molar-refractivity contribution in [3.05, 3.63) is 12.4 Å². The summed E-state index contributed by atoms with van der Waals surface area (Å²) in [5.41, 5.74) is -0.478. The van der Waals surface area contributed by atoms with Crippen molar-refractivity contribution in [2.24, 2.45) is 0 Å². The van der Waals surface area contributed by atoms with Crippen molar-refractivity contribution < 1.29 is 18.3 Å². The molecule has 0 atom stereocenters. The third-order valence-electron chi connectivity index (χ3n) is 4.70. The van der Waals surface area contributed by atoms with E-state index < -0.39 is 15.6 Å². The lowest BCUT2D eigenvalue weighted by Gasteiger charge is -2.41. The van der Waals surface area contributed by atoms with Gasteiger partial charge in [-0.3, -0.25) is 4.68 Å². The molecule has 22 heavy (non-hydrogen) atoms. The van der Waals surface area contributed by atoms with Crippen LogP contribution in [0.3, 0.4) is 0 Å². The molecular weight excluding hydrogens is 306 g/mol. The number of aromatic nitrogens is 2. The fourth-order valence-electron chi connectivity index (χ4n) is 3.17. The molecule has 1 saturated heterocycles. The lowest BCUT2D eigenvalue weighted by atomic mass is 9.75. The topological polar surface area (TPSA) is 93.5 Å².